The van der Waals surface area contributed by atoms with Crippen LogP contribution in [-0.4, -0.2) is 30.4 Å². The van der Waals surface area contributed by atoms with E-state index < -0.39 is 0 Å². The molecule has 0 saturated carbocycles. The van der Waals surface area contributed by atoms with Crippen LogP contribution in [0.2, 0.25) is 5.02 Å². The van der Waals surface area contributed by atoms with Gasteiger partial charge < -0.3 is 11.1 Å². The molecule has 1 aromatic carbocycles. The molecule has 1 amide bonds. The molecule has 2 rings (SSSR count). The fourth-order valence-corrected chi connectivity index (χ4v) is 2.46. The molecule has 1 aliphatic rings. The number of piperidine rings is 1. The van der Waals surface area contributed by atoms with Gasteiger partial charge in [0, 0.05) is 5.69 Å². The fourth-order valence-electron chi connectivity index (χ4n) is 2.34. The third-order valence-corrected chi connectivity index (χ3v) is 4.20. The summed E-state index contributed by atoms with van der Waals surface area (Å²) >= 11 is 5.85. The number of carbonyl (C=O) groups is 1. The Hall–Kier alpha value is -1.26. The lowest BCUT2D eigenvalue weighted by Gasteiger charge is -2.36. The van der Waals surface area contributed by atoms with Crippen molar-refractivity contribution in [2.75, 3.05) is 30.7 Å². The van der Waals surface area contributed by atoms with Gasteiger partial charge in [-0.15, -0.1) is 0 Å². The number of rotatable bonds is 3. The second-order valence-corrected chi connectivity index (χ2v) is 6.63. The van der Waals surface area contributed by atoms with E-state index in [4.69, 9.17) is 17.3 Å². The number of likely N-dealkylation sites (tertiary alicyclic amines) is 1. The second-order valence-electron chi connectivity index (χ2n) is 6.22. The molecule has 110 valence electrons. The maximum Gasteiger partial charge on any atom is 0.238 e. The number of nitrogens with two attached hydrogens (primary N) is 1. The van der Waals surface area contributed by atoms with Gasteiger partial charge in [-0.25, -0.2) is 0 Å². The predicted octanol–water partition coefficient (Wildman–Crippen LogP) is 2.98. The molecule has 0 bridgehead atoms. The van der Waals surface area contributed by atoms with E-state index in [1.807, 2.05) is 0 Å². The number of carbonyl (C=O) groups excluding carboxylic acids is 1. The maximum absolute atomic E-state index is 12.0. The molecule has 1 heterocycles. The monoisotopic (exact) mass is 295 g/mol. The molecule has 4 nitrogen and oxygen atoms in total. The van der Waals surface area contributed by atoms with Crippen molar-refractivity contribution in [2.24, 2.45) is 5.41 Å². The lowest BCUT2D eigenvalue weighted by atomic mass is 9.83. The molecule has 1 fully saturated rings. The number of amides is 1. The smallest absolute Gasteiger partial charge is 0.238 e. The Labute approximate surface area is 125 Å². The van der Waals surface area contributed by atoms with E-state index in [2.05, 4.69) is 24.1 Å². The largest absolute Gasteiger partial charge is 0.397 e. The van der Waals surface area contributed by atoms with Crippen molar-refractivity contribution in [3.63, 3.8) is 0 Å². The average molecular weight is 296 g/mol. The highest BCUT2D eigenvalue weighted by Gasteiger charge is 2.26. The van der Waals surface area contributed by atoms with E-state index in [-0.39, 0.29) is 5.91 Å². The van der Waals surface area contributed by atoms with Crippen molar-refractivity contribution in [1.82, 2.24) is 4.90 Å². The molecule has 5 heteroatoms. The summed E-state index contributed by atoms with van der Waals surface area (Å²) in [6.45, 7) is 6.94. The molecule has 0 unspecified atom stereocenters. The van der Waals surface area contributed by atoms with Crippen LogP contribution in [-0.2, 0) is 4.79 Å². The first-order chi connectivity index (χ1) is 9.35. The van der Waals surface area contributed by atoms with E-state index in [1.165, 1.54) is 0 Å². The molecule has 0 aliphatic carbocycles. The number of anilines is 2. The topological polar surface area (TPSA) is 58.4 Å². The summed E-state index contributed by atoms with van der Waals surface area (Å²) in [5.74, 6) is -0.00794. The van der Waals surface area contributed by atoms with Gasteiger partial charge in [-0.3, -0.25) is 9.69 Å². The molecular weight excluding hydrogens is 274 g/mol. The normalized spacial score (nSPS) is 18.8. The van der Waals surface area contributed by atoms with Gasteiger partial charge in [0.1, 0.15) is 0 Å². The SMILES string of the molecule is CC1(C)CCN(CC(=O)Nc2ccc(Cl)c(N)c2)CC1. The van der Waals surface area contributed by atoms with Crippen LogP contribution in [0.4, 0.5) is 11.4 Å². The highest BCUT2D eigenvalue weighted by atomic mass is 35.5. The van der Waals surface area contributed by atoms with Gasteiger partial charge in [-0.05, 0) is 49.5 Å². The first-order valence-corrected chi connectivity index (χ1v) is 7.31. The fraction of sp³-hybridized carbons (Fsp3) is 0.533. The number of halogens is 1. The minimum Gasteiger partial charge on any atom is -0.397 e. The van der Waals surface area contributed by atoms with E-state index in [0.29, 0.717) is 28.4 Å². The minimum atomic E-state index is -0.00794. The molecule has 0 atom stereocenters. The van der Waals surface area contributed by atoms with Crippen LogP contribution in [0.5, 0.6) is 0 Å². The van der Waals surface area contributed by atoms with Gasteiger partial charge in [0.2, 0.25) is 5.91 Å². The summed E-state index contributed by atoms with van der Waals surface area (Å²) in [7, 11) is 0. The Bertz CT molecular complexity index is 492. The van der Waals surface area contributed by atoms with Gasteiger partial charge in [-0.1, -0.05) is 25.4 Å². The average Bonchev–Trinajstić information content (AvgIpc) is 2.36. The minimum absolute atomic E-state index is 0.00794. The Balaban J connectivity index is 1.85. The van der Waals surface area contributed by atoms with Crippen LogP contribution in [0.25, 0.3) is 0 Å². The van der Waals surface area contributed by atoms with E-state index in [9.17, 15) is 4.79 Å². The van der Waals surface area contributed by atoms with E-state index in [1.54, 1.807) is 18.2 Å². The van der Waals surface area contributed by atoms with Crippen LogP contribution >= 0.6 is 11.6 Å². The quantitative estimate of drug-likeness (QED) is 0.843. The highest BCUT2D eigenvalue weighted by Crippen LogP contribution is 2.29. The van der Waals surface area contributed by atoms with Crippen LogP contribution < -0.4 is 11.1 Å². The number of benzene rings is 1. The number of hydrogen-bond acceptors (Lipinski definition) is 3. The standard InChI is InChI=1S/C15H22ClN3O/c1-15(2)5-7-19(8-6-15)10-14(20)18-11-3-4-12(16)13(17)9-11/h3-4,9H,5-8,10,17H2,1-2H3,(H,18,20). The van der Waals surface area contributed by atoms with Gasteiger partial charge >= 0.3 is 0 Å². The molecule has 3 N–H and O–H groups in total. The first kappa shape index (κ1) is 15.1. The number of hydrogen-bond donors (Lipinski definition) is 2. The van der Waals surface area contributed by atoms with Crippen molar-refractivity contribution in [3.05, 3.63) is 23.2 Å². The Kier molecular flexibility index (Phi) is 4.55. The molecule has 0 spiro atoms. The van der Waals surface area contributed by atoms with Crippen molar-refractivity contribution < 1.29 is 4.79 Å². The van der Waals surface area contributed by atoms with Gasteiger partial charge in [0.25, 0.3) is 0 Å². The summed E-state index contributed by atoms with van der Waals surface area (Å²) in [4.78, 5) is 14.2. The van der Waals surface area contributed by atoms with Crippen molar-refractivity contribution >= 4 is 28.9 Å². The lowest BCUT2D eigenvalue weighted by molar-refractivity contribution is -0.117. The summed E-state index contributed by atoms with van der Waals surface area (Å²) < 4.78 is 0. The first-order valence-electron chi connectivity index (χ1n) is 6.93. The Morgan fingerprint density at radius 1 is 1.40 bits per heavy atom. The molecule has 0 radical (unpaired) electrons. The van der Waals surface area contributed by atoms with Gasteiger partial charge in [0.05, 0.1) is 17.3 Å². The van der Waals surface area contributed by atoms with Crippen molar-refractivity contribution in [1.29, 1.82) is 0 Å². The van der Waals surface area contributed by atoms with Crippen LogP contribution in [0.15, 0.2) is 18.2 Å². The third kappa shape index (κ3) is 4.12. The van der Waals surface area contributed by atoms with Gasteiger partial charge in [0.15, 0.2) is 0 Å². The van der Waals surface area contributed by atoms with Crippen molar-refractivity contribution in [2.45, 2.75) is 26.7 Å². The molecule has 20 heavy (non-hydrogen) atoms. The lowest BCUT2D eigenvalue weighted by Crippen LogP contribution is -2.41. The zero-order valence-corrected chi connectivity index (χ0v) is 12.8. The Morgan fingerprint density at radius 2 is 2.05 bits per heavy atom. The summed E-state index contributed by atoms with van der Waals surface area (Å²) in [6, 6.07) is 5.13. The molecule has 1 saturated heterocycles. The summed E-state index contributed by atoms with van der Waals surface area (Å²) in [5.41, 5.74) is 7.28. The number of nitrogens with zero attached hydrogens (tertiary/aromatic N) is 1. The summed E-state index contributed by atoms with van der Waals surface area (Å²) in [6.07, 6.45) is 2.27. The van der Waals surface area contributed by atoms with E-state index >= 15 is 0 Å². The second kappa shape index (κ2) is 6.02. The molecule has 0 aromatic heterocycles. The third-order valence-electron chi connectivity index (χ3n) is 3.86. The van der Waals surface area contributed by atoms with Crippen LogP contribution in [0.1, 0.15) is 26.7 Å². The van der Waals surface area contributed by atoms with Crippen LogP contribution in [0.3, 0.4) is 0 Å². The van der Waals surface area contributed by atoms with Gasteiger partial charge in [-0.2, -0.15) is 0 Å². The molecular formula is C15H22ClN3O. The predicted molar refractivity (Wildman–Crippen MR) is 83.9 cm³/mol. The molecule has 1 aliphatic heterocycles. The maximum atomic E-state index is 12.0. The Morgan fingerprint density at radius 3 is 2.65 bits per heavy atom. The number of nitrogen functional groups attached to an aromatic ring is 1. The van der Waals surface area contributed by atoms with Crippen molar-refractivity contribution in [3.8, 4) is 0 Å². The molecule has 1 aromatic rings. The van der Waals surface area contributed by atoms with Crippen LogP contribution in [0, 0.1) is 5.41 Å². The summed E-state index contributed by atoms with van der Waals surface area (Å²) in [5, 5.41) is 3.36. The zero-order valence-electron chi connectivity index (χ0n) is 12.1. The van der Waals surface area contributed by atoms with E-state index in [0.717, 1.165) is 25.9 Å². The zero-order chi connectivity index (χ0) is 14.8. The highest BCUT2D eigenvalue weighted by molar-refractivity contribution is 6.33. The number of nitrogens with one attached hydrogen (secondary N) is 1.